The molecule has 2 aliphatic carbocycles. The predicted molar refractivity (Wildman–Crippen MR) is 94.4 cm³/mol. The fourth-order valence-electron chi connectivity index (χ4n) is 4.86. The van der Waals surface area contributed by atoms with Crippen LogP contribution in [0.25, 0.3) is 11.1 Å². The molecule has 114 valence electrons. The van der Waals surface area contributed by atoms with Gasteiger partial charge in [0.25, 0.3) is 0 Å². The summed E-state index contributed by atoms with van der Waals surface area (Å²) in [6.07, 6.45) is 6.78. The van der Waals surface area contributed by atoms with E-state index < -0.39 is 0 Å². The summed E-state index contributed by atoms with van der Waals surface area (Å²) in [7, 11) is 0. The van der Waals surface area contributed by atoms with Gasteiger partial charge in [-0.3, -0.25) is 0 Å². The van der Waals surface area contributed by atoms with Gasteiger partial charge in [0.05, 0.1) is 0 Å². The highest BCUT2D eigenvalue weighted by atomic mass is 14.5. The molecule has 2 aromatic carbocycles. The molecule has 0 aromatic heterocycles. The Hall–Kier alpha value is -1.56. The summed E-state index contributed by atoms with van der Waals surface area (Å²) in [5, 5.41) is 0. The summed E-state index contributed by atoms with van der Waals surface area (Å²) in [6, 6.07) is 16.2. The second kappa shape index (κ2) is 4.72. The van der Waals surface area contributed by atoms with Crippen LogP contribution in [0.15, 0.2) is 42.5 Å². The topological polar surface area (TPSA) is 0 Å². The van der Waals surface area contributed by atoms with Crippen molar-refractivity contribution in [3.63, 3.8) is 0 Å². The van der Waals surface area contributed by atoms with Crippen molar-refractivity contribution in [1.82, 2.24) is 0 Å². The first-order valence-electron chi connectivity index (χ1n) is 8.78. The Morgan fingerprint density at radius 3 is 2.18 bits per heavy atom. The second-order valence-corrected chi connectivity index (χ2v) is 8.17. The van der Waals surface area contributed by atoms with E-state index >= 15 is 0 Å². The van der Waals surface area contributed by atoms with Gasteiger partial charge in [0.2, 0.25) is 0 Å². The SMILES string of the molecule is CC(C)(C)c1cccc2c1C1(CCCCC1)c1ccccc1-2. The van der Waals surface area contributed by atoms with Crippen LogP contribution >= 0.6 is 0 Å². The molecule has 1 spiro atoms. The van der Waals surface area contributed by atoms with Crippen molar-refractivity contribution < 1.29 is 0 Å². The van der Waals surface area contributed by atoms with Crippen molar-refractivity contribution >= 4 is 0 Å². The lowest BCUT2D eigenvalue weighted by Gasteiger charge is -2.39. The summed E-state index contributed by atoms with van der Waals surface area (Å²) in [5.74, 6) is 0. The molecule has 0 atom stereocenters. The Bertz CT molecular complexity index is 709. The third-order valence-corrected chi connectivity index (χ3v) is 5.79. The monoisotopic (exact) mass is 290 g/mol. The molecule has 1 saturated carbocycles. The summed E-state index contributed by atoms with van der Waals surface area (Å²) < 4.78 is 0. The van der Waals surface area contributed by atoms with Crippen LogP contribution in [0.4, 0.5) is 0 Å². The molecule has 4 rings (SSSR count). The van der Waals surface area contributed by atoms with Crippen LogP contribution in [-0.4, -0.2) is 0 Å². The Morgan fingerprint density at radius 2 is 1.45 bits per heavy atom. The van der Waals surface area contributed by atoms with E-state index in [1.54, 1.807) is 16.7 Å². The number of hydrogen-bond acceptors (Lipinski definition) is 0. The van der Waals surface area contributed by atoms with Gasteiger partial charge in [-0.2, -0.15) is 0 Å². The molecule has 0 nitrogen and oxygen atoms in total. The minimum absolute atomic E-state index is 0.206. The van der Waals surface area contributed by atoms with Crippen LogP contribution in [0.2, 0.25) is 0 Å². The van der Waals surface area contributed by atoms with E-state index in [-0.39, 0.29) is 10.8 Å². The average Bonchev–Trinajstić information content (AvgIpc) is 2.79. The van der Waals surface area contributed by atoms with Gasteiger partial charge in [-0.25, -0.2) is 0 Å². The maximum atomic E-state index is 2.40. The highest BCUT2D eigenvalue weighted by molar-refractivity contribution is 5.82. The van der Waals surface area contributed by atoms with Crippen molar-refractivity contribution in [1.29, 1.82) is 0 Å². The standard InChI is InChI=1S/C22H26/c1-21(2,3)19-13-9-11-17-16-10-5-6-12-18(16)22(20(17)19)14-7-4-8-15-22/h5-6,9-13H,4,7-8,14-15H2,1-3H3. The normalized spacial score (nSPS) is 19.0. The van der Waals surface area contributed by atoms with Crippen molar-refractivity contribution in [3.8, 4) is 11.1 Å². The molecule has 0 unspecified atom stereocenters. The van der Waals surface area contributed by atoms with Crippen molar-refractivity contribution in [2.75, 3.05) is 0 Å². The molecule has 0 saturated heterocycles. The molecule has 2 aliphatic rings. The lowest BCUT2D eigenvalue weighted by molar-refractivity contribution is 0.347. The van der Waals surface area contributed by atoms with Crippen LogP contribution in [0.3, 0.4) is 0 Å². The molecule has 0 N–H and O–H groups in total. The smallest absolute Gasteiger partial charge is 0.0218 e. The lowest BCUT2D eigenvalue weighted by atomic mass is 9.64. The molecule has 0 aliphatic heterocycles. The van der Waals surface area contributed by atoms with Gasteiger partial charge in [-0.1, -0.05) is 82.5 Å². The van der Waals surface area contributed by atoms with Crippen LogP contribution in [-0.2, 0) is 10.8 Å². The molecule has 0 amide bonds. The Morgan fingerprint density at radius 1 is 0.773 bits per heavy atom. The molecule has 2 aromatic rings. The van der Waals surface area contributed by atoms with E-state index in [9.17, 15) is 0 Å². The minimum Gasteiger partial charge on any atom is -0.0619 e. The van der Waals surface area contributed by atoms with Gasteiger partial charge < -0.3 is 0 Å². The fraction of sp³-hybridized carbons (Fsp3) is 0.455. The summed E-state index contributed by atoms with van der Waals surface area (Å²) >= 11 is 0. The van der Waals surface area contributed by atoms with Crippen molar-refractivity contribution in [3.05, 3.63) is 59.2 Å². The molecule has 0 heteroatoms. The molecule has 0 bridgehead atoms. The van der Waals surface area contributed by atoms with E-state index in [1.165, 1.54) is 43.2 Å². The quantitative estimate of drug-likeness (QED) is 0.540. The minimum atomic E-state index is 0.206. The molecular weight excluding hydrogens is 264 g/mol. The van der Waals surface area contributed by atoms with Gasteiger partial charge >= 0.3 is 0 Å². The number of rotatable bonds is 0. The zero-order valence-electron chi connectivity index (χ0n) is 14.1. The van der Waals surface area contributed by atoms with Crippen LogP contribution in [0.1, 0.15) is 69.6 Å². The lowest BCUT2D eigenvalue weighted by Crippen LogP contribution is -2.31. The van der Waals surface area contributed by atoms with Crippen molar-refractivity contribution in [2.24, 2.45) is 0 Å². The van der Waals surface area contributed by atoms with Gasteiger partial charge in [0, 0.05) is 5.41 Å². The first-order chi connectivity index (χ1) is 10.5. The van der Waals surface area contributed by atoms with Crippen LogP contribution in [0.5, 0.6) is 0 Å². The molecule has 0 radical (unpaired) electrons. The van der Waals surface area contributed by atoms with Gasteiger partial charge in [0.1, 0.15) is 0 Å². The highest BCUT2D eigenvalue weighted by Crippen LogP contribution is 2.57. The second-order valence-electron chi connectivity index (χ2n) is 8.17. The third kappa shape index (κ3) is 1.82. The highest BCUT2D eigenvalue weighted by Gasteiger charge is 2.45. The van der Waals surface area contributed by atoms with Gasteiger partial charge in [-0.05, 0) is 46.1 Å². The number of fused-ring (bicyclic) bond motifs is 5. The average molecular weight is 290 g/mol. The fourth-order valence-corrected chi connectivity index (χ4v) is 4.86. The van der Waals surface area contributed by atoms with E-state index in [0.29, 0.717) is 0 Å². The molecule has 0 heterocycles. The summed E-state index contributed by atoms with van der Waals surface area (Å²) in [6.45, 7) is 7.09. The summed E-state index contributed by atoms with van der Waals surface area (Å²) in [4.78, 5) is 0. The number of hydrogen-bond donors (Lipinski definition) is 0. The predicted octanol–water partition coefficient (Wildman–Crippen LogP) is 6.21. The first kappa shape index (κ1) is 14.1. The van der Waals surface area contributed by atoms with E-state index in [4.69, 9.17) is 0 Å². The van der Waals surface area contributed by atoms with Crippen LogP contribution < -0.4 is 0 Å². The molecule has 1 fully saturated rings. The zero-order valence-corrected chi connectivity index (χ0v) is 14.1. The Balaban J connectivity index is 2.06. The Labute approximate surface area is 134 Å². The number of benzene rings is 2. The van der Waals surface area contributed by atoms with Crippen LogP contribution in [0, 0.1) is 0 Å². The van der Waals surface area contributed by atoms with E-state index in [1.807, 2.05) is 0 Å². The van der Waals surface area contributed by atoms with E-state index in [0.717, 1.165) is 0 Å². The maximum absolute atomic E-state index is 2.40. The largest absolute Gasteiger partial charge is 0.0619 e. The molecular formula is C22H26. The summed E-state index contributed by atoms with van der Waals surface area (Å²) in [5.41, 5.74) is 8.30. The molecule has 22 heavy (non-hydrogen) atoms. The van der Waals surface area contributed by atoms with E-state index in [2.05, 4.69) is 63.2 Å². The van der Waals surface area contributed by atoms with Gasteiger partial charge in [-0.15, -0.1) is 0 Å². The Kier molecular flexibility index (Phi) is 3.01. The zero-order chi connectivity index (χ0) is 15.4. The van der Waals surface area contributed by atoms with Gasteiger partial charge in [0.15, 0.2) is 0 Å². The third-order valence-electron chi connectivity index (χ3n) is 5.79. The first-order valence-corrected chi connectivity index (χ1v) is 8.78. The van der Waals surface area contributed by atoms with Crippen molar-refractivity contribution in [2.45, 2.75) is 63.7 Å². The maximum Gasteiger partial charge on any atom is 0.0218 e.